The molecular formula is C14H20N2. The Balaban J connectivity index is 1.73. The van der Waals surface area contributed by atoms with E-state index >= 15 is 0 Å². The lowest BCUT2D eigenvalue weighted by atomic mass is 10.0. The lowest BCUT2D eigenvalue weighted by molar-refractivity contribution is 0.205. The minimum absolute atomic E-state index is 0.319. The minimum atomic E-state index is 0.319. The van der Waals surface area contributed by atoms with Crippen LogP contribution in [-0.4, -0.2) is 23.0 Å². The van der Waals surface area contributed by atoms with Gasteiger partial charge < -0.3 is 5.32 Å². The molecule has 1 aromatic rings. The summed E-state index contributed by atoms with van der Waals surface area (Å²) >= 11 is 0. The molecule has 2 heteroatoms. The van der Waals surface area contributed by atoms with Gasteiger partial charge in [0.15, 0.2) is 0 Å². The summed E-state index contributed by atoms with van der Waals surface area (Å²) in [4.78, 5) is 2.62. The highest BCUT2D eigenvalue weighted by atomic mass is 15.2. The number of hydrogen-bond acceptors (Lipinski definition) is 2. The number of rotatable bonds is 1. The van der Waals surface area contributed by atoms with Crippen molar-refractivity contribution in [3.63, 3.8) is 0 Å². The first kappa shape index (κ1) is 10.3. The molecule has 1 aromatic carbocycles. The lowest BCUT2D eigenvalue weighted by Crippen LogP contribution is -2.32. The van der Waals surface area contributed by atoms with Crippen LogP contribution >= 0.6 is 0 Å². The van der Waals surface area contributed by atoms with Crippen LogP contribution in [0.5, 0.6) is 0 Å². The van der Waals surface area contributed by atoms with E-state index in [1.54, 1.807) is 0 Å². The van der Waals surface area contributed by atoms with E-state index in [1.807, 2.05) is 0 Å². The van der Waals surface area contributed by atoms with Gasteiger partial charge in [0, 0.05) is 31.2 Å². The molecule has 1 atom stereocenters. The highest BCUT2D eigenvalue weighted by Gasteiger charge is 2.35. The van der Waals surface area contributed by atoms with Gasteiger partial charge >= 0.3 is 0 Å². The fraction of sp³-hybridized carbons (Fsp3) is 0.571. The molecule has 0 amide bonds. The molecule has 1 unspecified atom stereocenters. The summed E-state index contributed by atoms with van der Waals surface area (Å²) in [6.45, 7) is 8.02. The predicted octanol–water partition coefficient (Wildman–Crippen LogP) is 2.14. The molecule has 0 aliphatic carbocycles. The highest BCUT2D eigenvalue weighted by Crippen LogP contribution is 2.29. The quantitative estimate of drug-likeness (QED) is 0.773. The van der Waals surface area contributed by atoms with Gasteiger partial charge in [0.2, 0.25) is 0 Å². The Kier molecular flexibility index (Phi) is 2.30. The zero-order chi connectivity index (χ0) is 11.2. The van der Waals surface area contributed by atoms with Gasteiger partial charge in [-0.2, -0.15) is 0 Å². The molecule has 2 aliphatic rings. The van der Waals surface area contributed by atoms with Gasteiger partial charge in [-0.1, -0.05) is 24.3 Å². The molecule has 0 aromatic heterocycles. The van der Waals surface area contributed by atoms with Gasteiger partial charge in [-0.25, -0.2) is 0 Å². The number of benzene rings is 1. The molecule has 16 heavy (non-hydrogen) atoms. The van der Waals surface area contributed by atoms with E-state index in [-0.39, 0.29) is 0 Å². The molecule has 0 bridgehead atoms. The molecular weight excluding hydrogens is 196 g/mol. The van der Waals surface area contributed by atoms with Crippen LogP contribution in [0.15, 0.2) is 24.3 Å². The summed E-state index contributed by atoms with van der Waals surface area (Å²) in [6.07, 6.45) is 1.26. The zero-order valence-corrected chi connectivity index (χ0v) is 10.2. The summed E-state index contributed by atoms with van der Waals surface area (Å²) in [5.41, 5.74) is 3.36. The third-order valence-electron chi connectivity index (χ3n) is 3.94. The monoisotopic (exact) mass is 216 g/mol. The van der Waals surface area contributed by atoms with Crippen molar-refractivity contribution in [1.29, 1.82) is 0 Å². The summed E-state index contributed by atoms with van der Waals surface area (Å²) in [5.74, 6) is 0. The van der Waals surface area contributed by atoms with Crippen LogP contribution in [0.1, 0.15) is 31.4 Å². The van der Waals surface area contributed by atoms with Crippen molar-refractivity contribution >= 4 is 0 Å². The summed E-state index contributed by atoms with van der Waals surface area (Å²) in [7, 11) is 0. The average Bonchev–Trinajstić information content (AvgIpc) is 2.80. The Bertz CT molecular complexity index is 372. The first-order valence-corrected chi connectivity index (χ1v) is 6.20. The first-order valence-electron chi connectivity index (χ1n) is 6.20. The van der Waals surface area contributed by atoms with E-state index < -0.39 is 0 Å². The molecule has 86 valence electrons. The van der Waals surface area contributed by atoms with Crippen molar-refractivity contribution in [2.75, 3.05) is 6.54 Å². The maximum atomic E-state index is 3.61. The van der Waals surface area contributed by atoms with Crippen LogP contribution in [0.3, 0.4) is 0 Å². The largest absolute Gasteiger partial charge is 0.310 e. The number of nitrogens with zero attached hydrogens (tertiary/aromatic N) is 1. The van der Waals surface area contributed by atoms with E-state index in [4.69, 9.17) is 0 Å². The Morgan fingerprint density at radius 1 is 1.19 bits per heavy atom. The molecule has 0 radical (unpaired) electrons. The Morgan fingerprint density at radius 2 is 1.81 bits per heavy atom. The molecule has 1 fully saturated rings. The topological polar surface area (TPSA) is 15.3 Å². The Hall–Kier alpha value is -0.860. The normalized spacial score (nSPS) is 28.2. The number of nitrogens with one attached hydrogen (secondary N) is 1. The lowest BCUT2D eigenvalue weighted by Gasteiger charge is -2.24. The molecule has 1 saturated heterocycles. The Labute approximate surface area is 97.6 Å². The fourth-order valence-corrected chi connectivity index (χ4v) is 3.00. The third kappa shape index (κ3) is 1.76. The van der Waals surface area contributed by atoms with E-state index in [9.17, 15) is 0 Å². The van der Waals surface area contributed by atoms with Crippen LogP contribution in [0.2, 0.25) is 0 Å². The second kappa shape index (κ2) is 3.57. The molecule has 1 N–H and O–H groups in total. The molecule has 3 rings (SSSR count). The standard InChI is InChI=1S/C14H20N2/c1-14(2)7-13(8-15-14)16-9-11-5-3-4-6-12(11)10-16/h3-6,13,15H,7-10H2,1-2H3. The van der Waals surface area contributed by atoms with Gasteiger partial charge in [-0.3, -0.25) is 4.90 Å². The third-order valence-corrected chi connectivity index (χ3v) is 3.94. The molecule has 0 saturated carbocycles. The van der Waals surface area contributed by atoms with Crippen LogP contribution < -0.4 is 5.32 Å². The smallest absolute Gasteiger partial charge is 0.0245 e. The predicted molar refractivity (Wildman–Crippen MR) is 66.2 cm³/mol. The van der Waals surface area contributed by atoms with E-state index in [0.29, 0.717) is 11.6 Å². The minimum Gasteiger partial charge on any atom is -0.310 e. The van der Waals surface area contributed by atoms with Crippen molar-refractivity contribution in [3.05, 3.63) is 35.4 Å². The van der Waals surface area contributed by atoms with Gasteiger partial charge in [0.1, 0.15) is 0 Å². The maximum absolute atomic E-state index is 3.61. The van der Waals surface area contributed by atoms with E-state index in [2.05, 4.69) is 48.3 Å². The maximum Gasteiger partial charge on any atom is 0.0245 e. The van der Waals surface area contributed by atoms with E-state index in [1.165, 1.54) is 17.5 Å². The summed E-state index contributed by atoms with van der Waals surface area (Å²) in [5, 5.41) is 3.61. The van der Waals surface area contributed by atoms with Crippen molar-refractivity contribution in [1.82, 2.24) is 10.2 Å². The fourth-order valence-electron chi connectivity index (χ4n) is 3.00. The highest BCUT2D eigenvalue weighted by molar-refractivity contribution is 5.30. The Morgan fingerprint density at radius 3 is 2.31 bits per heavy atom. The average molecular weight is 216 g/mol. The number of fused-ring (bicyclic) bond motifs is 1. The molecule has 2 heterocycles. The van der Waals surface area contributed by atoms with Gasteiger partial charge in [0.05, 0.1) is 0 Å². The molecule has 2 aliphatic heterocycles. The summed E-state index contributed by atoms with van der Waals surface area (Å²) in [6, 6.07) is 9.55. The zero-order valence-electron chi connectivity index (χ0n) is 10.2. The molecule has 0 spiro atoms. The van der Waals surface area contributed by atoms with Crippen molar-refractivity contribution in [2.24, 2.45) is 0 Å². The van der Waals surface area contributed by atoms with E-state index in [0.717, 1.165) is 19.6 Å². The van der Waals surface area contributed by atoms with Gasteiger partial charge in [0.25, 0.3) is 0 Å². The second-order valence-corrected chi connectivity index (χ2v) is 5.80. The van der Waals surface area contributed by atoms with Crippen molar-refractivity contribution in [2.45, 2.75) is 44.9 Å². The number of hydrogen-bond donors (Lipinski definition) is 1. The SMILES string of the molecule is CC1(C)CC(N2Cc3ccccc3C2)CN1. The van der Waals surface area contributed by atoms with Gasteiger partial charge in [-0.15, -0.1) is 0 Å². The van der Waals surface area contributed by atoms with Crippen LogP contribution in [0, 0.1) is 0 Å². The van der Waals surface area contributed by atoms with Crippen LogP contribution in [0.4, 0.5) is 0 Å². The first-order chi connectivity index (χ1) is 7.64. The second-order valence-electron chi connectivity index (χ2n) is 5.80. The molecule has 2 nitrogen and oxygen atoms in total. The van der Waals surface area contributed by atoms with Crippen LogP contribution in [0.25, 0.3) is 0 Å². The summed E-state index contributed by atoms with van der Waals surface area (Å²) < 4.78 is 0. The van der Waals surface area contributed by atoms with Crippen molar-refractivity contribution in [3.8, 4) is 0 Å². The van der Waals surface area contributed by atoms with Crippen molar-refractivity contribution < 1.29 is 0 Å². The van der Waals surface area contributed by atoms with Crippen LogP contribution in [-0.2, 0) is 13.1 Å². The van der Waals surface area contributed by atoms with Gasteiger partial charge in [-0.05, 0) is 31.4 Å².